The number of allylic oxidation sites excluding steroid dienone is 6. The summed E-state index contributed by atoms with van der Waals surface area (Å²) in [4.78, 5) is 5.51. The molecule has 1 nitrogen and oxygen atoms in total. The first-order valence-corrected chi connectivity index (χ1v) is 19.4. The minimum absolute atomic E-state index is 1.06. The van der Waals surface area contributed by atoms with E-state index >= 15 is 0 Å². The van der Waals surface area contributed by atoms with Gasteiger partial charge in [0.25, 0.3) is 0 Å². The lowest BCUT2D eigenvalue weighted by atomic mass is 9.72. The van der Waals surface area contributed by atoms with Crippen molar-refractivity contribution in [1.82, 2.24) is 4.98 Å². The Morgan fingerprint density at radius 3 is 1.32 bits per heavy atom. The highest BCUT2D eigenvalue weighted by atomic mass is 14.7. The lowest BCUT2D eigenvalue weighted by Gasteiger charge is -2.33. The van der Waals surface area contributed by atoms with Crippen LogP contribution in [0.3, 0.4) is 0 Å². The van der Waals surface area contributed by atoms with E-state index in [9.17, 15) is 0 Å². The summed E-state index contributed by atoms with van der Waals surface area (Å²) in [7, 11) is 0. The fourth-order valence-corrected chi connectivity index (χ4v) is 8.97. The van der Waals surface area contributed by atoms with E-state index in [1.54, 1.807) is 22.3 Å². The molecule has 0 saturated heterocycles. The highest BCUT2D eigenvalue weighted by molar-refractivity contribution is 5.94. The third-order valence-corrected chi connectivity index (χ3v) is 11.5. The van der Waals surface area contributed by atoms with Crippen molar-refractivity contribution >= 4 is 16.5 Å². The van der Waals surface area contributed by atoms with Gasteiger partial charge in [0.2, 0.25) is 0 Å². The zero-order chi connectivity index (χ0) is 29.8. The van der Waals surface area contributed by atoms with Gasteiger partial charge in [-0.1, -0.05) is 131 Å². The van der Waals surface area contributed by atoms with Gasteiger partial charge in [0.05, 0.1) is 11.2 Å². The number of hydrogen-bond donors (Lipinski definition) is 0. The van der Waals surface area contributed by atoms with Gasteiger partial charge in [-0.15, -0.1) is 0 Å². The summed E-state index contributed by atoms with van der Waals surface area (Å²) in [6.45, 7) is 0. The maximum Gasteiger partial charge on any atom is 0.0705 e. The van der Waals surface area contributed by atoms with Crippen LogP contribution in [-0.2, 0) is 6.42 Å². The molecule has 4 aliphatic carbocycles. The Morgan fingerprint density at radius 1 is 0.409 bits per heavy atom. The number of fused-ring (bicyclic) bond motifs is 2. The Balaban J connectivity index is 1.58. The number of hydrogen-bond acceptors (Lipinski definition) is 1. The van der Waals surface area contributed by atoms with E-state index in [-0.39, 0.29) is 0 Å². The first-order valence-electron chi connectivity index (χ1n) is 19.4. The summed E-state index contributed by atoms with van der Waals surface area (Å²) in [5.74, 6) is 0. The Morgan fingerprint density at radius 2 is 0.818 bits per heavy atom. The van der Waals surface area contributed by atoms with Crippen molar-refractivity contribution in [3.63, 3.8) is 0 Å². The molecule has 1 aromatic heterocycles. The third kappa shape index (κ3) is 8.35. The van der Waals surface area contributed by atoms with E-state index in [0.717, 1.165) is 6.42 Å². The van der Waals surface area contributed by atoms with E-state index in [0.29, 0.717) is 0 Å². The van der Waals surface area contributed by atoms with Crippen LogP contribution >= 0.6 is 0 Å². The molecule has 0 radical (unpaired) electrons. The number of nitrogens with zero attached hydrogens (tertiary/aromatic N) is 1. The van der Waals surface area contributed by atoms with Crippen molar-refractivity contribution in [3.05, 3.63) is 69.5 Å². The molecule has 4 aliphatic rings. The highest BCUT2D eigenvalue weighted by Gasteiger charge is 2.31. The summed E-state index contributed by atoms with van der Waals surface area (Å²) in [6.07, 6.45) is 38.5. The molecule has 2 aromatic rings. The van der Waals surface area contributed by atoms with Gasteiger partial charge in [-0.2, -0.15) is 0 Å². The average molecular weight is 592 g/mol. The van der Waals surface area contributed by atoms with E-state index in [1.807, 2.05) is 11.1 Å². The standard InChI is InChI=1S/C43H61N/c1-4-10-16-24-34(25-17-11-5-1)38-33-41-39(32-37-30-22-23-31-40(37)44-41)43(36-28-20-14-8-3-9-15-21-29-36)42(38)35-26-18-12-6-2-7-13-19-27-35/h22-23,30-32H,1-21,24-29,33H2. The predicted molar refractivity (Wildman–Crippen MR) is 191 cm³/mol. The topological polar surface area (TPSA) is 12.9 Å². The van der Waals surface area contributed by atoms with Crippen LogP contribution in [0.5, 0.6) is 0 Å². The molecule has 44 heavy (non-hydrogen) atoms. The molecule has 0 unspecified atom stereocenters. The fraction of sp³-hybridized carbons (Fsp3) is 0.651. The van der Waals surface area contributed by atoms with Crippen LogP contribution in [0, 0.1) is 0 Å². The predicted octanol–water partition coefficient (Wildman–Crippen LogP) is 13.7. The Hall–Kier alpha value is -2.15. The smallest absolute Gasteiger partial charge is 0.0705 e. The first kappa shape index (κ1) is 31.8. The minimum atomic E-state index is 1.06. The summed E-state index contributed by atoms with van der Waals surface area (Å²) < 4.78 is 0. The maximum atomic E-state index is 5.51. The van der Waals surface area contributed by atoms with Crippen LogP contribution in [-0.4, -0.2) is 4.98 Å². The Labute approximate surface area is 270 Å². The lowest BCUT2D eigenvalue weighted by Crippen LogP contribution is -2.17. The summed E-state index contributed by atoms with van der Waals surface area (Å²) in [5.41, 5.74) is 14.8. The Kier molecular flexibility index (Phi) is 12.3. The number of pyridine rings is 1. The van der Waals surface area contributed by atoms with Crippen molar-refractivity contribution < 1.29 is 0 Å². The molecule has 238 valence electrons. The summed E-state index contributed by atoms with van der Waals surface area (Å²) in [6, 6.07) is 11.5. The van der Waals surface area contributed by atoms with E-state index in [2.05, 4.69) is 30.3 Å². The van der Waals surface area contributed by atoms with Crippen molar-refractivity contribution in [3.8, 4) is 0 Å². The molecular formula is C43H61N. The molecule has 1 aromatic carbocycles. The van der Waals surface area contributed by atoms with Gasteiger partial charge in [0.15, 0.2) is 0 Å². The van der Waals surface area contributed by atoms with Crippen molar-refractivity contribution in [2.24, 2.45) is 0 Å². The molecular weight excluding hydrogens is 530 g/mol. The zero-order valence-corrected chi connectivity index (χ0v) is 28.1. The number of rotatable bonds is 0. The van der Waals surface area contributed by atoms with Gasteiger partial charge < -0.3 is 0 Å². The molecule has 6 rings (SSSR count). The van der Waals surface area contributed by atoms with Crippen molar-refractivity contribution in [2.75, 3.05) is 0 Å². The summed E-state index contributed by atoms with van der Waals surface area (Å²) in [5, 5.41) is 1.33. The van der Waals surface area contributed by atoms with Crippen LogP contribution in [0.4, 0.5) is 0 Å². The molecule has 1 heterocycles. The molecule has 0 amide bonds. The summed E-state index contributed by atoms with van der Waals surface area (Å²) >= 11 is 0. The van der Waals surface area contributed by atoms with Crippen molar-refractivity contribution in [2.45, 2.75) is 180 Å². The van der Waals surface area contributed by atoms with Gasteiger partial charge >= 0.3 is 0 Å². The normalized spacial score (nSPS) is 22.9. The highest BCUT2D eigenvalue weighted by Crippen LogP contribution is 2.48. The second kappa shape index (κ2) is 17.0. The van der Waals surface area contributed by atoms with Gasteiger partial charge in [-0.25, -0.2) is 0 Å². The number of aromatic nitrogens is 1. The van der Waals surface area contributed by atoms with Crippen LogP contribution in [0.2, 0.25) is 0 Å². The van der Waals surface area contributed by atoms with E-state index in [1.165, 1.54) is 196 Å². The van der Waals surface area contributed by atoms with Crippen LogP contribution in [0.15, 0.2) is 58.2 Å². The molecule has 0 atom stereocenters. The van der Waals surface area contributed by atoms with Crippen molar-refractivity contribution in [1.29, 1.82) is 0 Å². The Bertz CT molecular complexity index is 1280. The van der Waals surface area contributed by atoms with E-state index < -0.39 is 0 Å². The van der Waals surface area contributed by atoms with Crippen LogP contribution < -0.4 is 0 Å². The molecule has 3 saturated carbocycles. The molecule has 0 spiro atoms. The SMILES string of the molecule is c1ccc2nc3c(cc2c1)C(=C1CCCCCCCCC1)C(=C1CCCCCCCCC1)C(=C1CCCCCCCCC1)C3. The molecule has 0 aliphatic heterocycles. The maximum absolute atomic E-state index is 5.51. The van der Waals surface area contributed by atoms with Gasteiger partial charge in [-0.05, 0) is 106 Å². The van der Waals surface area contributed by atoms with Gasteiger partial charge in [-0.3, -0.25) is 4.98 Å². The first-order chi connectivity index (χ1) is 21.9. The van der Waals surface area contributed by atoms with Gasteiger partial charge in [0.1, 0.15) is 0 Å². The molecule has 1 heteroatoms. The minimum Gasteiger partial charge on any atom is -0.252 e. The third-order valence-electron chi connectivity index (χ3n) is 11.5. The second-order valence-electron chi connectivity index (χ2n) is 14.8. The van der Waals surface area contributed by atoms with Crippen LogP contribution in [0.1, 0.15) is 185 Å². The largest absolute Gasteiger partial charge is 0.252 e. The van der Waals surface area contributed by atoms with Gasteiger partial charge in [0, 0.05) is 17.4 Å². The van der Waals surface area contributed by atoms with E-state index in [4.69, 9.17) is 4.98 Å². The second-order valence-corrected chi connectivity index (χ2v) is 14.8. The average Bonchev–Trinajstić information content (AvgIpc) is 3.06. The number of benzene rings is 1. The monoisotopic (exact) mass is 591 g/mol. The van der Waals surface area contributed by atoms with Crippen LogP contribution in [0.25, 0.3) is 16.5 Å². The fourth-order valence-electron chi connectivity index (χ4n) is 8.97. The molecule has 0 bridgehead atoms. The molecule has 3 fully saturated rings. The lowest BCUT2D eigenvalue weighted by molar-refractivity contribution is 0.545. The molecule has 0 N–H and O–H groups in total. The quantitative estimate of drug-likeness (QED) is 0.297. The zero-order valence-electron chi connectivity index (χ0n) is 28.1. The number of para-hydroxylation sites is 1.